The van der Waals surface area contributed by atoms with Crippen LogP contribution in [0.2, 0.25) is 0 Å². The number of halogens is 1. The van der Waals surface area contributed by atoms with Crippen LogP contribution in [0.25, 0.3) is 6.08 Å². The average Bonchev–Trinajstić information content (AvgIpc) is 2.18. The number of rotatable bonds is 5. The molecule has 0 fully saturated rings. The molecule has 0 aliphatic carbocycles. The average molecular weight is 255 g/mol. The number of hydrogen-bond acceptors (Lipinski definition) is 1. The van der Waals surface area contributed by atoms with E-state index < -0.39 is 0 Å². The van der Waals surface area contributed by atoms with Gasteiger partial charge in [-0.2, -0.15) is 0 Å². The molecule has 0 amide bonds. The van der Waals surface area contributed by atoms with Crippen molar-refractivity contribution in [3.8, 4) is 0 Å². The lowest BCUT2D eigenvalue weighted by Crippen LogP contribution is -2.03. The summed E-state index contributed by atoms with van der Waals surface area (Å²) in [6.07, 6.45) is 1.84. The number of alkyl halides is 1. The Bertz CT molecular complexity index is 277. The summed E-state index contributed by atoms with van der Waals surface area (Å²) in [5.74, 6) is 0. The van der Waals surface area contributed by atoms with Crippen LogP contribution < -0.4 is 0 Å². The molecule has 0 saturated heterocycles. The van der Waals surface area contributed by atoms with E-state index in [4.69, 9.17) is 4.74 Å². The van der Waals surface area contributed by atoms with Crippen molar-refractivity contribution in [2.24, 2.45) is 0 Å². The molecule has 0 heterocycles. The predicted octanol–water partition coefficient (Wildman–Crippen LogP) is 3.63. The van der Waals surface area contributed by atoms with Crippen molar-refractivity contribution in [3.05, 3.63) is 42.0 Å². The van der Waals surface area contributed by atoms with E-state index in [1.807, 2.05) is 18.2 Å². The first-order chi connectivity index (χ1) is 6.72. The molecule has 1 aromatic rings. The molecule has 0 N–H and O–H groups in total. The maximum Gasteiger partial charge on any atom is 0.0717 e. The van der Waals surface area contributed by atoms with E-state index in [-0.39, 0.29) is 0 Å². The van der Waals surface area contributed by atoms with Crippen LogP contribution in [0.15, 0.2) is 30.8 Å². The molecule has 14 heavy (non-hydrogen) atoms. The van der Waals surface area contributed by atoms with Gasteiger partial charge in [0.05, 0.1) is 13.2 Å². The van der Waals surface area contributed by atoms with Crippen LogP contribution >= 0.6 is 15.9 Å². The van der Waals surface area contributed by atoms with Crippen LogP contribution in [0.1, 0.15) is 18.1 Å². The minimum Gasteiger partial charge on any atom is -0.376 e. The molecule has 0 bridgehead atoms. The van der Waals surface area contributed by atoms with Crippen LogP contribution in [0.3, 0.4) is 0 Å². The van der Waals surface area contributed by atoms with Gasteiger partial charge < -0.3 is 4.74 Å². The van der Waals surface area contributed by atoms with Gasteiger partial charge in [0.25, 0.3) is 0 Å². The maximum absolute atomic E-state index is 5.48. The smallest absolute Gasteiger partial charge is 0.0717 e. The summed E-state index contributed by atoms with van der Waals surface area (Å²) in [4.78, 5) is 0.412. The summed E-state index contributed by atoms with van der Waals surface area (Å²) in [5.41, 5.74) is 2.34. The van der Waals surface area contributed by atoms with Crippen molar-refractivity contribution in [3.63, 3.8) is 0 Å². The quantitative estimate of drug-likeness (QED) is 0.730. The fraction of sp³-hybridized carbons (Fsp3) is 0.333. The van der Waals surface area contributed by atoms with Crippen molar-refractivity contribution in [2.75, 3.05) is 6.61 Å². The van der Waals surface area contributed by atoms with Gasteiger partial charge in [-0.15, -0.1) is 0 Å². The van der Waals surface area contributed by atoms with Gasteiger partial charge in [0, 0.05) is 4.83 Å². The van der Waals surface area contributed by atoms with Crippen LogP contribution in [0.5, 0.6) is 0 Å². The van der Waals surface area contributed by atoms with Crippen LogP contribution in [-0.2, 0) is 11.3 Å². The Balaban J connectivity index is 2.40. The molecule has 2 heteroatoms. The van der Waals surface area contributed by atoms with Crippen molar-refractivity contribution in [1.29, 1.82) is 0 Å². The molecule has 1 nitrogen and oxygen atoms in total. The number of benzene rings is 1. The molecule has 1 aromatic carbocycles. The summed E-state index contributed by atoms with van der Waals surface area (Å²) in [7, 11) is 0. The lowest BCUT2D eigenvalue weighted by Gasteiger charge is -2.05. The normalized spacial score (nSPS) is 12.4. The molecule has 0 radical (unpaired) electrons. The Labute approximate surface area is 93.9 Å². The molecule has 1 unspecified atom stereocenters. The highest BCUT2D eigenvalue weighted by molar-refractivity contribution is 9.09. The summed E-state index contributed by atoms with van der Waals surface area (Å²) in [6.45, 7) is 7.19. The van der Waals surface area contributed by atoms with Crippen LogP contribution in [0, 0.1) is 0 Å². The van der Waals surface area contributed by atoms with E-state index >= 15 is 0 Å². The molecule has 76 valence electrons. The van der Waals surface area contributed by atoms with E-state index in [0.29, 0.717) is 11.4 Å². The number of ether oxygens (including phenoxy) is 1. The van der Waals surface area contributed by atoms with Crippen LogP contribution in [-0.4, -0.2) is 11.4 Å². The SMILES string of the molecule is C=Cc1ccc(COCC(C)Br)cc1. The van der Waals surface area contributed by atoms with Gasteiger partial charge in [-0.3, -0.25) is 0 Å². The third kappa shape index (κ3) is 4.07. The standard InChI is InChI=1S/C12H15BrO/c1-3-11-4-6-12(7-5-11)9-14-8-10(2)13/h3-7,10H,1,8-9H2,2H3. The molecular weight excluding hydrogens is 240 g/mol. The lowest BCUT2D eigenvalue weighted by atomic mass is 10.1. The Hall–Kier alpha value is -0.600. The molecule has 0 saturated carbocycles. The second-order valence-corrected chi connectivity index (χ2v) is 4.80. The minimum absolute atomic E-state index is 0.412. The van der Waals surface area contributed by atoms with E-state index in [1.54, 1.807) is 0 Å². The van der Waals surface area contributed by atoms with E-state index in [9.17, 15) is 0 Å². The van der Waals surface area contributed by atoms with Gasteiger partial charge in [-0.25, -0.2) is 0 Å². The first-order valence-corrected chi connectivity index (χ1v) is 5.57. The molecular formula is C12H15BrO. The van der Waals surface area contributed by atoms with E-state index in [1.165, 1.54) is 5.56 Å². The number of hydrogen-bond donors (Lipinski definition) is 0. The zero-order valence-electron chi connectivity index (χ0n) is 8.37. The van der Waals surface area contributed by atoms with E-state index in [0.717, 1.165) is 12.2 Å². The van der Waals surface area contributed by atoms with Gasteiger partial charge in [-0.1, -0.05) is 59.8 Å². The van der Waals surface area contributed by atoms with E-state index in [2.05, 4.69) is 41.6 Å². The Kier molecular flexibility index (Phi) is 4.91. The molecule has 1 rings (SSSR count). The van der Waals surface area contributed by atoms with Gasteiger partial charge in [0.1, 0.15) is 0 Å². The molecule has 0 spiro atoms. The van der Waals surface area contributed by atoms with Crippen molar-refractivity contribution in [1.82, 2.24) is 0 Å². The highest BCUT2D eigenvalue weighted by Gasteiger charge is 1.96. The highest BCUT2D eigenvalue weighted by atomic mass is 79.9. The molecule has 0 aromatic heterocycles. The minimum atomic E-state index is 0.412. The van der Waals surface area contributed by atoms with Crippen LogP contribution in [0.4, 0.5) is 0 Å². The Morgan fingerprint density at radius 2 is 2.07 bits per heavy atom. The lowest BCUT2D eigenvalue weighted by molar-refractivity contribution is 0.125. The first kappa shape index (κ1) is 11.5. The third-order valence-electron chi connectivity index (χ3n) is 1.83. The van der Waals surface area contributed by atoms with Crippen molar-refractivity contribution < 1.29 is 4.74 Å². The Morgan fingerprint density at radius 1 is 1.43 bits per heavy atom. The zero-order chi connectivity index (χ0) is 10.4. The summed E-state index contributed by atoms with van der Waals surface area (Å²) >= 11 is 3.43. The highest BCUT2D eigenvalue weighted by Crippen LogP contribution is 2.07. The largest absolute Gasteiger partial charge is 0.376 e. The van der Waals surface area contributed by atoms with Crippen molar-refractivity contribution >= 4 is 22.0 Å². The van der Waals surface area contributed by atoms with Gasteiger partial charge >= 0.3 is 0 Å². The second kappa shape index (κ2) is 5.99. The predicted molar refractivity (Wildman–Crippen MR) is 64.6 cm³/mol. The fourth-order valence-electron chi connectivity index (χ4n) is 1.09. The topological polar surface area (TPSA) is 9.23 Å². The third-order valence-corrected chi connectivity index (χ3v) is 2.10. The first-order valence-electron chi connectivity index (χ1n) is 4.65. The van der Waals surface area contributed by atoms with Gasteiger partial charge in [0.15, 0.2) is 0 Å². The summed E-state index contributed by atoms with van der Waals surface area (Å²) < 4.78 is 5.48. The molecule has 0 aliphatic heterocycles. The van der Waals surface area contributed by atoms with Crippen molar-refractivity contribution in [2.45, 2.75) is 18.4 Å². The summed E-state index contributed by atoms with van der Waals surface area (Å²) in [5, 5.41) is 0. The van der Waals surface area contributed by atoms with Gasteiger partial charge in [-0.05, 0) is 11.1 Å². The second-order valence-electron chi connectivity index (χ2n) is 3.24. The molecule has 1 atom stereocenters. The summed E-state index contributed by atoms with van der Waals surface area (Å²) in [6, 6.07) is 8.22. The maximum atomic E-state index is 5.48. The Morgan fingerprint density at radius 3 is 2.57 bits per heavy atom. The molecule has 0 aliphatic rings. The monoisotopic (exact) mass is 254 g/mol. The fourth-order valence-corrected chi connectivity index (χ4v) is 1.28. The van der Waals surface area contributed by atoms with Gasteiger partial charge in [0.2, 0.25) is 0 Å². The zero-order valence-corrected chi connectivity index (χ0v) is 9.96.